The number of halogens is 2. The molecule has 7 heteroatoms. The highest BCUT2D eigenvalue weighted by Crippen LogP contribution is 2.30. The zero-order chi connectivity index (χ0) is 16.4. The lowest BCUT2D eigenvalue weighted by Crippen LogP contribution is -2.12. The molecule has 0 aliphatic heterocycles. The Kier molecular flexibility index (Phi) is 4.34. The van der Waals surface area contributed by atoms with Gasteiger partial charge in [0.1, 0.15) is 22.5 Å². The van der Waals surface area contributed by atoms with Crippen LogP contribution in [-0.2, 0) is 6.54 Å². The molecule has 23 heavy (non-hydrogen) atoms. The Morgan fingerprint density at radius 1 is 1.35 bits per heavy atom. The van der Waals surface area contributed by atoms with Crippen LogP contribution in [0.4, 0.5) is 10.2 Å². The predicted molar refractivity (Wildman–Crippen MR) is 88.7 cm³/mol. The van der Waals surface area contributed by atoms with Crippen molar-refractivity contribution in [2.75, 3.05) is 19.0 Å². The first-order valence-corrected chi connectivity index (χ1v) is 7.51. The van der Waals surface area contributed by atoms with Crippen molar-refractivity contribution in [3.8, 4) is 5.75 Å². The van der Waals surface area contributed by atoms with Crippen LogP contribution >= 0.6 is 11.6 Å². The molecular formula is C16H16ClFN4O. The van der Waals surface area contributed by atoms with E-state index in [1.165, 1.54) is 12.3 Å². The average Bonchev–Trinajstić information content (AvgIpc) is 2.86. The number of aromatic nitrogens is 3. The fraction of sp³-hybridized carbons (Fsp3) is 0.250. The minimum Gasteiger partial charge on any atom is -0.496 e. The monoisotopic (exact) mass is 334 g/mol. The number of anilines is 1. The van der Waals surface area contributed by atoms with Gasteiger partial charge >= 0.3 is 0 Å². The standard InChI is InChI=1S/C16H16ClFN4O/c1-10-7-11-13(23-2)4-3-12(18)16(11)22(10)6-5-20-15-9-19-8-14(17)21-15/h3-4,7-9H,5-6H2,1-2H3,(H,20,21). The third kappa shape index (κ3) is 3.07. The zero-order valence-corrected chi connectivity index (χ0v) is 13.6. The number of nitrogens with zero attached hydrogens (tertiary/aromatic N) is 3. The van der Waals surface area contributed by atoms with Crippen LogP contribution in [0.15, 0.2) is 30.6 Å². The van der Waals surface area contributed by atoms with Gasteiger partial charge in [0.2, 0.25) is 0 Å². The van der Waals surface area contributed by atoms with Crippen molar-refractivity contribution in [3.63, 3.8) is 0 Å². The Balaban J connectivity index is 1.84. The van der Waals surface area contributed by atoms with E-state index in [2.05, 4.69) is 15.3 Å². The summed E-state index contributed by atoms with van der Waals surface area (Å²) in [5, 5.41) is 4.23. The van der Waals surface area contributed by atoms with Gasteiger partial charge in [-0.05, 0) is 25.1 Å². The van der Waals surface area contributed by atoms with Crippen molar-refractivity contribution >= 4 is 28.3 Å². The van der Waals surface area contributed by atoms with Crippen molar-refractivity contribution in [1.82, 2.24) is 14.5 Å². The topological polar surface area (TPSA) is 52.0 Å². The molecule has 1 aromatic carbocycles. The Morgan fingerprint density at radius 2 is 2.17 bits per heavy atom. The number of hydrogen-bond acceptors (Lipinski definition) is 4. The average molecular weight is 335 g/mol. The van der Waals surface area contributed by atoms with E-state index in [1.807, 2.05) is 17.6 Å². The molecule has 120 valence electrons. The quantitative estimate of drug-likeness (QED) is 0.773. The van der Waals surface area contributed by atoms with Gasteiger partial charge in [-0.15, -0.1) is 0 Å². The zero-order valence-electron chi connectivity index (χ0n) is 12.8. The summed E-state index contributed by atoms with van der Waals surface area (Å²) in [6.07, 6.45) is 3.06. The number of hydrogen-bond donors (Lipinski definition) is 1. The largest absolute Gasteiger partial charge is 0.496 e. The molecule has 5 nitrogen and oxygen atoms in total. The highest BCUT2D eigenvalue weighted by Gasteiger charge is 2.14. The predicted octanol–water partition coefficient (Wildman–Crippen LogP) is 3.65. The first kappa shape index (κ1) is 15.6. The van der Waals surface area contributed by atoms with Crippen LogP contribution in [0.5, 0.6) is 5.75 Å². The van der Waals surface area contributed by atoms with Gasteiger partial charge in [-0.3, -0.25) is 4.98 Å². The molecule has 0 saturated heterocycles. The van der Waals surface area contributed by atoms with E-state index in [9.17, 15) is 4.39 Å². The molecule has 0 spiro atoms. The fourth-order valence-corrected chi connectivity index (χ4v) is 2.78. The van der Waals surface area contributed by atoms with Crippen LogP contribution < -0.4 is 10.1 Å². The van der Waals surface area contributed by atoms with Crippen molar-refractivity contribution in [3.05, 3.63) is 47.3 Å². The van der Waals surface area contributed by atoms with Crippen molar-refractivity contribution in [2.45, 2.75) is 13.5 Å². The minimum absolute atomic E-state index is 0.267. The molecule has 2 heterocycles. The van der Waals surface area contributed by atoms with Crippen molar-refractivity contribution in [2.24, 2.45) is 0 Å². The molecule has 0 aliphatic carbocycles. The Hall–Kier alpha value is -2.34. The van der Waals surface area contributed by atoms with Crippen LogP contribution in [0.25, 0.3) is 10.9 Å². The molecule has 3 aromatic rings. The molecule has 0 saturated carbocycles. The number of fused-ring (bicyclic) bond motifs is 1. The number of rotatable bonds is 5. The lowest BCUT2D eigenvalue weighted by atomic mass is 10.2. The van der Waals surface area contributed by atoms with Gasteiger partial charge in [-0.1, -0.05) is 11.6 Å². The van der Waals surface area contributed by atoms with E-state index in [0.29, 0.717) is 35.3 Å². The van der Waals surface area contributed by atoms with Gasteiger partial charge in [0.15, 0.2) is 0 Å². The number of nitrogens with one attached hydrogen (secondary N) is 1. The molecule has 0 bridgehead atoms. The van der Waals surface area contributed by atoms with Gasteiger partial charge in [0, 0.05) is 24.2 Å². The molecule has 0 radical (unpaired) electrons. The Morgan fingerprint density at radius 3 is 2.91 bits per heavy atom. The molecule has 0 amide bonds. The smallest absolute Gasteiger partial charge is 0.149 e. The summed E-state index contributed by atoms with van der Waals surface area (Å²) in [4.78, 5) is 8.07. The Labute approximate surface area is 138 Å². The SMILES string of the molecule is COc1ccc(F)c2c1cc(C)n2CCNc1cncc(Cl)n1. The molecule has 0 unspecified atom stereocenters. The van der Waals surface area contributed by atoms with Crippen LogP contribution in [0.2, 0.25) is 5.15 Å². The minimum atomic E-state index is -0.267. The number of ether oxygens (including phenoxy) is 1. The van der Waals surface area contributed by atoms with Gasteiger partial charge in [-0.2, -0.15) is 0 Å². The van der Waals surface area contributed by atoms with Crippen LogP contribution in [0.3, 0.4) is 0 Å². The first-order valence-electron chi connectivity index (χ1n) is 7.14. The van der Waals surface area contributed by atoms with Crippen molar-refractivity contribution < 1.29 is 9.13 Å². The van der Waals surface area contributed by atoms with Crippen molar-refractivity contribution in [1.29, 1.82) is 0 Å². The Bertz CT molecular complexity index is 849. The molecule has 1 N–H and O–H groups in total. The van der Waals surface area contributed by atoms with E-state index in [1.54, 1.807) is 19.4 Å². The molecular weight excluding hydrogens is 319 g/mol. The summed E-state index contributed by atoms with van der Waals surface area (Å²) in [6.45, 7) is 3.09. The highest BCUT2D eigenvalue weighted by molar-refractivity contribution is 6.29. The number of methoxy groups -OCH3 is 1. The lowest BCUT2D eigenvalue weighted by molar-refractivity contribution is 0.419. The first-order chi connectivity index (χ1) is 11.1. The van der Waals surface area contributed by atoms with Crippen LogP contribution in [-0.4, -0.2) is 28.2 Å². The normalized spacial score (nSPS) is 11.0. The maximum Gasteiger partial charge on any atom is 0.149 e. The number of benzene rings is 1. The molecule has 0 aliphatic rings. The van der Waals surface area contributed by atoms with E-state index >= 15 is 0 Å². The molecule has 3 rings (SSSR count). The summed E-state index contributed by atoms with van der Waals surface area (Å²) in [5.74, 6) is 0.984. The second-order valence-electron chi connectivity index (χ2n) is 5.10. The van der Waals surface area contributed by atoms with Gasteiger partial charge < -0.3 is 14.6 Å². The summed E-state index contributed by atoms with van der Waals surface area (Å²) < 4.78 is 21.5. The number of aryl methyl sites for hydroxylation is 1. The fourth-order valence-electron chi connectivity index (χ4n) is 2.63. The van der Waals surface area contributed by atoms with Crippen LogP contribution in [0.1, 0.15) is 5.69 Å². The lowest BCUT2D eigenvalue weighted by Gasteiger charge is -2.11. The van der Waals surface area contributed by atoms with Gasteiger partial charge in [0.05, 0.1) is 25.0 Å². The summed E-state index contributed by atoms with van der Waals surface area (Å²) in [5.41, 5.74) is 1.50. The second-order valence-corrected chi connectivity index (χ2v) is 5.49. The maximum atomic E-state index is 14.2. The van der Waals surface area contributed by atoms with Gasteiger partial charge in [-0.25, -0.2) is 9.37 Å². The van der Waals surface area contributed by atoms with E-state index in [0.717, 1.165) is 11.1 Å². The molecule has 2 aromatic heterocycles. The van der Waals surface area contributed by atoms with Gasteiger partial charge in [0.25, 0.3) is 0 Å². The summed E-state index contributed by atoms with van der Waals surface area (Å²) in [6, 6.07) is 4.99. The van der Waals surface area contributed by atoms with E-state index in [4.69, 9.17) is 16.3 Å². The second kappa shape index (κ2) is 6.42. The summed E-state index contributed by atoms with van der Waals surface area (Å²) >= 11 is 5.80. The third-order valence-corrected chi connectivity index (χ3v) is 3.83. The van der Waals surface area contributed by atoms with E-state index in [-0.39, 0.29) is 5.82 Å². The molecule has 0 fully saturated rings. The molecule has 0 atom stereocenters. The summed E-state index contributed by atoms with van der Waals surface area (Å²) in [7, 11) is 1.58. The van der Waals surface area contributed by atoms with E-state index < -0.39 is 0 Å². The third-order valence-electron chi connectivity index (χ3n) is 3.64. The van der Waals surface area contributed by atoms with Crippen LogP contribution in [0, 0.1) is 12.7 Å². The highest BCUT2D eigenvalue weighted by atomic mass is 35.5. The maximum absolute atomic E-state index is 14.2.